The molecule has 0 saturated carbocycles. The van der Waals surface area contributed by atoms with E-state index in [4.69, 9.17) is 19.8 Å². The Balaban J connectivity index is 1.65. The van der Waals surface area contributed by atoms with Crippen LogP contribution in [0.1, 0.15) is 12.6 Å². The highest BCUT2D eigenvalue weighted by Gasteiger charge is 2.26. The molecule has 6 heterocycles. The summed E-state index contributed by atoms with van der Waals surface area (Å²) in [4.78, 5) is 24.4. The van der Waals surface area contributed by atoms with Crippen molar-refractivity contribution in [1.29, 1.82) is 0 Å². The second-order valence-electron chi connectivity index (χ2n) is 8.14. The van der Waals surface area contributed by atoms with Crippen LogP contribution in [-0.4, -0.2) is 65.1 Å². The fourth-order valence-corrected chi connectivity index (χ4v) is 4.43. The Hall–Kier alpha value is -3.79. The number of aromatic nitrogens is 8. The van der Waals surface area contributed by atoms with Crippen molar-refractivity contribution >= 4 is 27.9 Å². The molecule has 5 aromatic heterocycles. The lowest BCUT2D eigenvalue weighted by Gasteiger charge is -2.34. The molecular formula is C22H23N9O. The van der Waals surface area contributed by atoms with Crippen molar-refractivity contribution in [2.45, 2.75) is 19.9 Å². The number of nitrogens with zero attached hydrogens (tertiary/aromatic N) is 8. The molecule has 0 spiro atoms. The van der Waals surface area contributed by atoms with Crippen molar-refractivity contribution < 1.29 is 4.74 Å². The van der Waals surface area contributed by atoms with Gasteiger partial charge in [-0.2, -0.15) is 9.78 Å². The number of imidazole rings is 1. The molecule has 0 radical (unpaired) electrons. The number of fused-ring (bicyclic) bond motifs is 2. The number of hydrogen-bond acceptors (Lipinski definition) is 7. The Bertz CT molecular complexity index is 1430. The molecule has 0 bridgehead atoms. The van der Waals surface area contributed by atoms with Crippen molar-refractivity contribution in [3.63, 3.8) is 0 Å². The van der Waals surface area contributed by atoms with Crippen LogP contribution in [0.2, 0.25) is 0 Å². The zero-order valence-electron chi connectivity index (χ0n) is 18.1. The maximum Gasteiger partial charge on any atom is 0.170 e. The van der Waals surface area contributed by atoms with Crippen molar-refractivity contribution in [1.82, 2.24) is 39.3 Å². The first kappa shape index (κ1) is 18.9. The van der Waals surface area contributed by atoms with E-state index in [0.717, 1.165) is 51.5 Å². The first-order valence-corrected chi connectivity index (χ1v) is 10.6. The van der Waals surface area contributed by atoms with Gasteiger partial charge in [0.25, 0.3) is 0 Å². The molecule has 1 fully saturated rings. The van der Waals surface area contributed by atoms with E-state index in [1.807, 2.05) is 47.7 Å². The highest BCUT2D eigenvalue weighted by Crippen LogP contribution is 2.33. The molecule has 1 atom stereocenters. The van der Waals surface area contributed by atoms with Crippen LogP contribution in [0.4, 0.5) is 5.82 Å². The van der Waals surface area contributed by atoms with E-state index in [-0.39, 0.29) is 6.04 Å². The number of anilines is 1. The van der Waals surface area contributed by atoms with Crippen LogP contribution >= 0.6 is 0 Å². The van der Waals surface area contributed by atoms with Crippen molar-refractivity contribution in [3.05, 3.63) is 42.7 Å². The van der Waals surface area contributed by atoms with Crippen LogP contribution in [0.5, 0.6) is 0 Å². The predicted octanol–water partition coefficient (Wildman–Crippen LogP) is 2.63. The minimum Gasteiger partial charge on any atom is -0.377 e. The van der Waals surface area contributed by atoms with Crippen molar-refractivity contribution in [2.24, 2.45) is 7.05 Å². The number of H-pyrrole nitrogens is 1. The SMILES string of the molecule is Cc1ncn(C)c1-n1ncc2c(N3CCOC[C@H]3C)nc(-c3ccnc4[nH]ccc34)nc21. The Labute approximate surface area is 183 Å². The number of aromatic amines is 1. The molecule has 6 rings (SSSR count). The molecule has 0 aromatic carbocycles. The second-order valence-corrected chi connectivity index (χ2v) is 8.14. The summed E-state index contributed by atoms with van der Waals surface area (Å²) in [5.41, 5.74) is 3.37. The lowest BCUT2D eigenvalue weighted by Crippen LogP contribution is -2.44. The summed E-state index contributed by atoms with van der Waals surface area (Å²) in [6, 6.07) is 4.16. The summed E-state index contributed by atoms with van der Waals surface area (Å²) in [7, 11) is 1.96. The van der Waals surface area contributed by atoms with Gasteiger partial charge in [-0.3, -0.25) is 0 Å². The van der Waals surface area contributed by atoms with Gasteiger partial charge >= 0.3 is 0 Å². The van der Waals surface area contributed by atoms with Gasteiger partial charge in [0.05, 0.1) is 42.9 Å². The smallest absolute Gasteiger partial charge is 0.170 e. The second kappa shape index (κ2) is 7.13. The maximum atomic E-state index is 5.67. The lowest BCUT2D eigenvalue weighted by molar-refractivity contribution is 0.0987. The number of pyridine rings is 1. The number of nitrogens with one attached hydrogen (secondary N) is 1. The molecule has 0 aliphatic carbocycles. The molecule has 1 aliphatic rings. The molecule has 10 nitrogen and oxygen atoms in total. The fraction of sp³-hybridized carbons (Fsp3) is 0.318. The molecule has 0 amide bonds. The van der Waals surface area contributed by atoms with Gasteiger partial charge in [-0.1, -0.05) is 0 Å². The number of rotatable bonds is 3. The first-order valence-electron chi connectivity index (χ1n) is 10.6. The Morgan fingerprint density at radius 1 is 1.16 bits per heavy atom. The van der Waals surface area contributed by atoms with E-state index in [1.165, 1.54) is 0 Å². The number of ether oxygens (including phenoxy) is 1. The van der Waals surface area contributed by atoms with Crippen molar-refractivity contribution in [3.8, 4) is 17.2 Å². The average molecular weight is 429 g/mol. The molecule has 0 unspecified atom stereocenters. The third-order valence-electron chi connectivity index (χ3n) is 6.03. The number of hydrogen-bond donors (Lipinski definition) is 1. The van der Waals surface area contributed by atoms with Crippen LogP contribution in [0.25, 0.3) is 39.3 Å². The molecule has 10 heteroatoms. The van der Waals surface area contributed by atoms with E-state index in [1.54, 1.807) is 12.5 Å². The quantitative estimate of drug-likeness (QED) is 0.470. The van der Waals surface area contributed by atoms with E-state index in [0.29, 0.717) is 19.0 Å². The largest absolute Gasteiger partial charge is 0.377 e. The summed E-state index contributed by atoms with van der Waals surface area (Å²) >= 11 is 0. The average Bonchev–Trinajstić information content (AvgIpc) is 3.52. The zero-order chi connectivity index (χ0) is 21.8. The molecule has 162 valence electrons. The topological polar surface area (TPSA) is 103 Å². The van der Waals surface area contributed by atoms with Crippen LogP contribution in [0.3, 0.4) is 0 Å². The minimum absolute atomic E-state index is 0.196. The Kier molecular flexibility index (Phi) is 4.22. The van der Waals surface area contributed by atoms with Gasteiger partial charge in [0, 0.05) is 36.9 Å². The maximum absolute atomic E-state index is 5.67. The molecule has 1 N–H and O–H groups in total. The molecular weight excluding hydrogens is 406 g/mol. The number of aryl methyl sites for hydroxylation is 2. The summed E-state index contributed by atoms with van der Waals surface area (Å²) < 4.78 is 9.48. The van der Waals surface area contributed by atoms with Gasteiger partial charge in [-0.05, 0) is 26.0 Å². The summed E-state index contributed by atoms with van der Waals surface area (Å²) in [5.74, 6) is 2.39. The molecule has 1 aliphatic heterocycles. The van der Waals surface area contributed by atoms with Gasteiger partial charge < -0.3 is 19.2 Å². The van der Waals surface area contributed by atoms with Gasteiger partial charge in [-0.25, -0.2) is 19.9 Å². The molecule has 32 heavy (non-hydrogen) atoms. The predicted molar refractivity (Wildman–Crippen MR) is 121 cm³/mol. The van der Waals surface area contributed by atoms with Gasteiger partial charge in [0.1, 0.15) is 11.5 Å². The van der Waals surface area contributed by atoms with E-state index < -0.39 is 0 Å². The Morgan fingerprint density at radius 2 is 2.06 bits per heavy atom. The lowest BCUT2D eigenvalue weighted by atomic mass is 10.1. The minimum atomic E-state index is 0.196. The Morgan fingerprint density at radius 3 is 2.88 bits per heavy atom. The third kappa shape index (κ3) is 2.79. The monoisotopic (exact) mass is 429 g/mol. The first-order chi connectivity index (χ1) is 15.6. The van der Waals surface area contributed by atoms with Crippen LogP contribution < -0.4 is 4.90 Å². The highest BCUT2D eigenvalue weighted by atomic mass is 16.5. The van der Waals surface area contributed by atoms with Crippen LogP contribution in [-0.2, 0) is 11.8 Å². The van der Waals surface area contributed by atoms with Gasteiger partial charge in [-0.15, -0.1) is 0 Å². The van der Waals surface area contributed by atoms with Gasteiger partial charge in [0.15, 0.2) is 17.3 Å². The van der Waals surface area contributed by atoms with Gasteiger partial charge in [0.2, 0.25) is 0 Å². The summed E-state index contributed by atoms with van der Waals surface area (Å²) in [6.45, 7) is 6.21. The third-order valence-corrected chi connectivity index (χ3v) is 6.03. The van der Waals surface area contributed by atoms with Crippen molar-refractivity contribution in [2.75, 3.05) is 24.7 Å². The van der Waals surface area contributed by atoms with E-state index in [2.05, 4.69) is 26.8 Å². The zero-order valence-corrected chi connectivity index (χ0v) is 18.1. The summed E-state index contributed by atoms with van der Waals surface area (Å²) in [6.07, 6.45) is 7.30. The summed E-state index contributed by atoms with van der Waals surface area (Å²) in [5, 5.41) is 6.59. The van der Waals surface area contributed by atoms with E-state index >= 15 is 0 Å². The van der Waals surface area contributed by atoms with E-state index in [9.17, 15) is 0 Å². The molecule has 1 saturated heterocycles. The van der Waals surface area contributed by atoms with Crippen LogP contribution in [0, 0.1) is 6.92 Å². The molecule has 5 aromatic rings. The fourth-order valence-electron chi connectivity index (χ4n) is 4.43. The number of morpholine rings is 1. The normalized spacial score (nSPS) is 17.0. The van der Waals surface area contributed by atoms with Crippen LogP contribution in [0.15, 0.2) is 37.1 Å². The standard InChI is InChI=1S/C22H23N9O/c1-13-11-32-9-8-30(13)20-17-10-26-31(22-14(2)25-12-29(22)3)21(17)28-19(27-20)16-5-7-24-18-15(16)4-6-23-18/h4-7,10,12-13H,8-9,11H2,1-3H3,(H,23,24)/t13-/m1/s1. The highest BCUT2D eigenvalue weighted by molar-refractivity contribution is 5.94.